The second-order valence-electron chi connectivity index (χ2n) is 10.3. The smallest absolute Gasteiger partial charge is 0.282 e. The molecule has 2 aliphatic rings. The number of nitrogens with zero attached hydrogens (tertiary/aromatic N) is 5. The van der Waals surface area contributed by atoms with Crippen molar-refractivity contribution in [1.29, 1.82) is 0 Å². The number of hydrogen-bond acceptors (Lipinski definition) is 10. The Kier molecular flexibility index (Phi) is 5.91. The summed E-state index contributed by atoms with van der Waals surface area (Å²) in [7, 11) is -1.59. The van der Waals surface area contributed by atoms with Crippen LogP contribution >= 0.6 is 11.3 Å². The van der Waals surface area contributed by atoms with E-state index in [2.05, 4.69) is 25.6 Å². The lowest BCUT2D eigenvalue weighted by atomic mass is 9.53. The quantitative estimate of drug-likeness (QED) is 0.339. The summed E-state index contributed by atoms with van der Waals surface area (Å²) in [6.45, 7) is 0. The van der Waals surface area contributed by atoms with E-state index in [1.165, 1.54) is 12.1 Å². The SMILES string of the molecule is Cn1ncc2cc(C(N)=O)c(O[C@H]3CC4(C[C@H](NC(=O)c5nnc(-c6cccc(S(C)(=O)=O)c6)s5)C4)C3)nc21. The summed E-state index contributed by atoms with van der Waals surface area (Å²) >= 11 is 1.12. The van der Waals surface area contributed by atoms with Gasteiger partial charge in [-0.1, -0.05) is 23.5 Å². The topological polar surface area (TPSA) is 172 Å². The molecule has 4 aromatic rings. The molecule has 0 aliphatic heterocycles. The molecule has 202 valence electrons. The van der Waals surface area contributed by atoms with Crippen molar-refractivity contribution in [3.8, 4) is 16.5 Å². The molecule has 6 rings (SSSR count). The zero-order chi connectivity index (χ0) is 27.5. The van der Waals surface area contributed by atoms with Gasteiger partial charge in [0.25, 0.3) is 11.8 Å². The summed E-state index contributed by atoms with van der Waals surface area (Å²) in [5.41, 5.74) is 7.07. The van der Waals surface area contributed by atoms with Crippen LogP contribution in [0.25, 0.3) is 21.6 Å². The van der Waals surface area contributed by atoms with Crippen molar-refractivity contribution in [2.75, 3.05) is 6.26 Å². The second kappa shape index (κ2) is 9.09. The van der Waals surface area contributed by atoms with Gasteiger partial charge >= 0.3 is 0 Å². The third-order valence-electron chi connectivity index (χ3n) is 7.36. The minimum absolute atomic E-state index is 0.0180. The van der Waals surface area contributed by atoms with Gasteiger partial charge in [0.1, 0.15) is 16.7 Å². The fraction of sp³-hybridized carbons (Fsp3) is 0.360. The number of pyridine rings is 1. The van der Waals surface area contributed by atoms with E-state index < -0.39 is 15.7 Å². The lowest BCUT2D eigenvalue weighted by Gasteiger charge is -2.57. The maximum Gasteiger partial charge on any atom is 0.282 e. The monoisotopic (exact) mass is 567 g/mol. The normalized spacial score (nSPS) is 22.3. The van der Waals surface area contributed by atoms with Gasteiger partial charge in [0, 0.05) is 30.3 Å². The molecule has 39 heavy (non-hydrogen) atoms. The molecule has 3 N–H and O–H groups in total. The van der Waals surface area contributed by atoms with Crippen LogP contribution in [-0.2, 0) is 16.9 Å². The molecular weight excluding hydrogens is 542 g/mol. The molecule has 3 aromatic heterocycles. The van der Waals surface area contributed by atoms with Gasteiger partial charge in [-0.15, -0.1) is 10.2 Å². The summed E-state index contributed by atoms with van der Waals surface area (Å²) in [4.78, 5) is 29.4. The van der Waals surface area contributed by atoms with Gasteiger partial charge < -0.3 is 15.8 Å². The van der Waals surface area contributed by atoms with E-state index >= 15 is 0 Å². The highest BCUT2D eigenvalue weighted by Gasteiger charge is 2.54. The number of amides is 2. The fourth-order valence-electron chi connectivity index (χ4n) is 5.43. The summed E-state index contributed by atoms with van der Waals surface area (Å²) in [5, 5.41) is 16.7. The molecule has 0 radical (unpaired) electrons. The third-order valence-corrected chi connectivity index (χ3v) is 9.44. The van der Waals surface area contributed by atoms with Gasteiger partial charge in [-0.2, -0.15) is 10.1 Å². The van der Waals surface area contributed by atoms with Crippen LogP contribution in [0.3, 0.4) is 0 Å². The number of carbonyl (C=O) groups is 2. The number of aromatic nitrogens is 5. The summed E-state index contributed by atoms with van der Waals surface area (Å²) in [6.07, 6.45) is 5.90. The Hall–Kier alpha value is -3.91. The molecule has 0 unspecified atom stereocenters. The van der Waals surface area contributed by atoms with Crippen LogP contribution in [-0.4, -0.2) is 63.6 Å². The van der Waals surface area contributed by atoms with Crippen molar-refractivity contribution < 1.29 is 22.7 Å². The molecule has 1 aromatic carbocycles. The number of primary amides is 1. The van der Waals surface area contributed by atoms with Crippen LogP contribution in [0, 0.1) is 5.41 Å². The van der Waals surface area contributed by atoms with Crippen molar-refractivity contribution >= 4 is 44.0 Å². The first-order valence-electron chi connectivity index (χ1n) is 12.2. The van der Waals surface area contributed by atoms with Gasteiger partial charge in [0.15, 0.2) is 15.5 Å². The molecule has 3 heterocycles. The van der Waals surface area contributed by atoms with Crippen LogP contribution in [0.1, 0.15) is 45.8 Å². The van der Waals surface area contributed by atoms with Gasteiger partial charge in [0.2, 0.25) is 10.9 Å². The maximum atomic E-state index is 12.8. The highest BCUT2D eigenvalue weighted by atomic mass is 32.2. The number of ether oxygens (including phenoxy) is 1. The van der Waals surface area contributed by atoms with Crippen LogP contribution in [0.5, 0.6) is 5.88 Å². The number of carbonyl (C=O) groups excluding carboxylic acids is 2. The number of rotatable bonds is 7. The van der Waals surface area contributed by atoms with Crippen molar-refractivity contribution in [1.82, 2.24) is 30.3 Å². The highest BCUT2D eigenvalue weighted by Crippen LogP contribution is 2.57. The molecule has 2 saturated carbocycles. The number of nitrogens with two attached hydrogens (primary N) is 1. The predicted molar refractivity (Wildman–Crippen MR) is 142 cm³/mol. The molecule has 14 heteroatoms. The van der Waals surface area contributed by atoms with Crippen LogP contribution < -0.4 is 15.8 Å². The first-order valence-corrected chi connectivity index (χ1v) is 14.9. The van der Waals surface area contributed by atoms with E-state index in [-0.39, 0.29) is 44.8 Å². The average Bonchev–Trinajstić information content (AvgIpc) is 3.48. The molecule has 12 nitrogen and oxygen atoms in total. The Labute approximate surface area is 227 Å². The standard InChI is InChI=1S/C25H25N7O5S2/c1-32-20-14(12-27-32)7-18(19(26)33)22(29-20)37-16-10-25(11-16)8-15(9-25)28-21(34)24-31-30-23(38-24)13-4-3-5-17(6-13)39(2,35)36/h3-7,12,15-16H,8-11H2,1-2H3,(H2,26,33)(H,28,34)/t15-,16-,25?. The fourth-order valence-corrected chi connectivity index (χ4v) is 6.84. The van der Waals surface area contributed by atoms with Crippen molar-refractivity contribution in [3.05, 3.63) is 47.1 Å². The van der Waals surface area contributed by atoms with Gasteiger partial charge in [0.05, 0.1) is 11.1 Å². The van der Waals surface area contributed by atoms with E-state index in [0.29, 0.717) is 21.6 Å². The summed E-state index contributed by atoms with van der Waals surface area (Å²) < 4.78 is 31.4. The number of fused-ring (bicyclic) bond motifs is 1. The number of benzene rings is 1. The Bertz CT molecular complexity index is 1730. The Morgan fingerprint density at radius 3 is 2.67 bits per heavy atom. The minimum atomic E-state index is -3.36. The van der Waals surface area contributed by atoms with E-state index in [1.54, 1.807) is 36.1 Å². The number of aryl methyl sites for hydroxylation is 1. The molecule has 1 spiro atoms. The van der Waals surface area contributed by atoms with Crippen LogP contribution in [0.4, 0.5) is 0 Å². The molecule has 2 fully saturated rings. The Balaban J connectivity index is 1.04. The Morgan fingerprint density at radius 2 is 1.95 bits per heavy atom. The number of hydrogen-bond donors (Lipinski definition) is 2. The van der Waals surface area contributed by atoms with Crippen LogP contribution in [0.15, 0.2) is 41.4 Å². The minimum Gasteiger partial charge on any atom is -0.474 e. The summed E-state index contributed by atoms with van der Waals surface area (Å²) in [6, 6.07) is 8.08. The van der Waals surface area contributed by atoms with E-state index in [0.717, 1.165) is 43.3 Å². The number of nitrogens with one attached hydrogen (secondary N) is 1. The molecule has 0 saturated heterocycles. The molecule has 2 amide bonds. The lowest BCUT2D eigenvalue weighted by Crippen LogP contribution is -2.58. The lowest BCUT2D eigenvalue weighted by molar-refractivity contribution is -0.0847. The highest BCUT2D eigenvalue weighted by molar-refractivity contribution is 7.90. The van der Waals surface area contributed by atoms with Crippen LogP contribution in [0.2, 0.25) is 0 Å². The second-order valence-corrected chi connectivity index (χ2v) is 13.3. The Morgan fingerprint density at radius 1 is 1.18 bits per heavy atom. The zero-order valence-corrected chi connectivity index (χ0v) is 22.8. The van der Waals surface area contributed by atoms with Crippen molar-refractivity contribution in [3.63, 3.8) is 0 Å². The van der Waals surface area contributed by atoms with Gasteiger partial charge in [-0.25, -0.2) is 8.42 Å². The van der Waals surface area contributed by atoms with Crippen molar-refractivity contribution in [2.45, 2.75) is 42.7 Å². The summed E-state index contributed by atoms with van der Waals surface area (Å²) in [5.74, 6) is -0.687. The first-order chi connectivity index (χ1) is 18.5. The molecular formula is C25H25N7O5S2. The maximum absolute atomic E-state index is 12.8. The first kappa shape index (κ1) is 25.4. The molecule has 0 atom stereocenters. The van der Waals surface area contributed by atoms with E-state index in [4.69, 9.17) is 10.5 Å². The largest absolute Gasteiger partial charge is 0.474 e. The third kappa shape index (κ3) is 4.74. The molecule has 2 aliphatic carbocycles. The molecule has 0 bridgehead atoms. The average molecular weight is 568 g/mol. The van der Waals surface area contributed by atoms with E-state index in [9.17, 15) is 18.0 Å². The van der Waals surface area contributed by atoms with Gasteiger partial charge in [-0.05, 0) is 49.3 Å². The van der Waals surface area contributed by atoms with Gasteiger partial charge in [-0.3, -0.25) is 14.3 Å². The van der Waals surface area contributed by atoms with E-state index in [1.807, 2.05) is 0 Å². The predicted octanol–water partition coefficient (Wildman–Crippen LogP) is 2.11. The zero-order valence-electron chi connectivity index (χ0n) is 21.1. The number of sulfone groups is 1. The van der Waals surface area contributed by atoms with Crippen molar-refractivity contribution in [2.24, 2.45) is 18.2 Å².